The van der Waals surface area contributed by atoms with E-state index in [-0.39, 0.29) is 0 Å². The summed E-state index contributed by atoms with van der Waals surface area (Å²) < 4.78 is 2.32. The van der Waals surface area contributed by atoms with E-state index in [0.29, 0.717) is 6.04 Å². The summed E-state index contributed by atoms with van der Waals surface area (Å²) in [5.41, 5.74) is 5.19. The molecule has 0 fully saturated rings. The van der Waals surface area contributed by atoms with Gasteiger partial charge in [0.15, 0.2) is 0 Å². The topological polar surface area (TPSA) is 17.0 Å². The lowest BCUT2D eigenvalue weighted by Crippen LogP contribution is -2.19. The molecule has 1 aromatic carbocycles. The van der Waals surface area contributed by atoms with E-state index < -0.39 is 0 Å². The lowest BCUT2D eigenvalue weighted by molar-refractivity contribution is 0.595. The second-order valence-corrected chi connectivity index (χ2v) is 4.79. The van der Waals surface area contributed by atoms with Crippen LogP contribution in [-0.4, -0.2) is 11.1 Å². The van der Waals surface area contributed by atoms with Crippen molar-refractivity contribution >= 4 is 0 Å². The third kappa shape index (κ3) is 2.34. The van der Waals surface area contributed by atoms with Gasteiger partial charge in [-0.3, -0.25) is 0 Å². The predicted molar refractivity (Wildman–Crippen MR) is 77.3 cm³/mol. The smallest absolute Gasteiger partial charge is 0.0502 e. The molecule has 0 saturated heterocycles. The molecule has 18 heavy (non-hydrogen) atoms. The molecule has 1 unspecified atom stereocenters. The Balaban J connectivity index is 2.51. The van der Waals surface area contributed by atoms with E-state index in [1.165, 1.54) is 22.6 Å². The number of benzene rings is 1. The summed E-state index contributed by atoms with van der Waals surface area (Å²) in [6.07, 6.45) is 0. The predicted octanol–water partition coefficient (Wildman–Crippen LogP) is 3.76. The average molecular weight is 242 g/mol. The lowest BCUT2D eigenvalue weighted by atomic mass is 10.1. The van der Waals surface area contributed by atoms with Gasteiger partial charge in [-0.05, 0) is 51.1 Å². The van der Waals surface area contributed by atoms with E-state index in [1.807, 2.05) is 0 Å². The normalized spacial score (nSPS) is 12.7. The maximum atomic E-state index is 3.49. The van der Waals surface area contributed by atoms with Crippen molar-refractivity contribution in [3.63, 3.8) is 0 Å². The van der Waals surface area contributed by atoms with E-state index in [2.05, 4.69) is 74.0 Å². The zero-order valence-electron chi connectivity index (χ0n) is 11.7. The molecule has 2 heteroatoms. The fourth-order valence-corrected chi connectivity index (χ4v) is 2.52. The molecule has 2 nitrogen and oxygen atoms in total. The fraction of sp³-hybridized carbons (Fsp3) is 0.375. The maximum Gasteiger partial charge on any atom is 0.0502 e. The highest BCUT2D eigenvalue weighted by Crippen LogP contribution is 2.24. The Morgan fingerprint density at radius 3 is 2.28 bits per heavy atom. The second-order valence-electron chi connectivity index (χ2n) is 4.79. The van der Waals surface area contributed by atoms with Crippen LogP contribution in [0.15, 0.2) is 36.4 Å². The number of hydrogen-bond acceptors (Lipinski definition) is 1. The summed E-state index contributed by atoms with van der Waals surface area (Å²) >= 11 is 0. The van der Waals surface area contributed by atoms with E-state index in [4.69, 9.17) is 0 Å². The van der Waals surface area contributed by atoms with Gasteiger partial charge in [0.05, 0.1) is 5.69 Å². The number of rotatable bonds is 4. The van der Waals surface area contributed by atoms with Crippen molar-refractivity contribution in [3.05, 3.63) is 53.3 Å². The molecule has 0 saturated carbocycles. The van der Waals surface area contributed by atoms with Crippen LogP contribution >= 0.6 is 0 Å². The van der Waals surface area contributed by atoms with Gasteiger partial charge in [-0.15, -0.1) is 0 Å². The Kier molecular flexibility index (Phi) is 3.87. The second kappa shape index (κ2) is 5.40. The van der Waals surface area contributed by atoms with Gasteiger partial charge in [-0.2, -0.15) is 0 Å². The SMILES string of the molecule is CCNC(C)c1ccccc1-n1c(C)ccc1C. The van der Waals surface area contributed by atoms with Gasteiger partial charge in [0, 0.05) is 17.4 Å². The minimum Gasteiger partial charge on any atom is -0.318 e. The van der Waals surface area contributed by atoms with Crippen molar-refractivity contribution < 1.29 is 0 Å². The number of nitrogens with zero attached hydrogens (tertiary/aromatic N) is 1. The summed E-state index contributed by atoms with van der Waals surface area (Å²) in [4.78, 5) is 0. The van der Waals surface area contributed by atoms with Crippen LogP contribution in [0.1, 0.15) is 36.8 Å². The lowest BCUT2D eigenvalue weighted by Gasteiger charge is -2.20. The molecule has 2 aromatic rings. The van der Waals surface area contributed by atoms with Crippen molar-refractivity contribution in [1.82, 2.24) is 9.88 Å². The summed E-state index contributed by atoms with van der Waals surface area (Å²) in [5, 5.41) is 3.49. The fourth-order valence-electron chi connectivity index (χ4n) is 2.52. The Morgan fingerprint density at radius 1 is 1.06 bits per heavy atom. The zero-order valence-corrected chi connectivity index (χ0v) is 11.7. The van der Waals surface area contributed by atoms with Crippen molar-refractivity contribution in [1.29, 1.82) is 0 Å². The molecule has 96 valence electrons. The van der Waals surface area contributed by atoms with Crippen LogP contribution in [0.4, 0.5) is 0 Å². The highest BCUT2D eigenvalue weighted by atomic mass is 15.0. The Bertz CT molecular complexity index is 506. The largest absolute Gasteiger partial charge is 0.318 e. The standard InChI is InChI=1S/C16H22N2/c1-5-17-14(4)15-8-6-7-9-16(15)18-12(2)10-11-13(18)3/h6-11,14,17H,5H2,1-4H3. The van der Waals surface area contributed by atoms with Gasteiger partial charge in [-0.25, -0.2) is 0 Å². The van der Waals surface area contributed by atoms with Crippen LogP contribution in [0, 0.1) is 13.8 Å². The zero-order chi connectivity index (χ0) is 13.1. The molecule has 0 spiro atoms. The number of aryl methyl sites for hydroxylation is 2. The molecule has 1 aromatic heterocycles. The van der Waals surface area contributed by atoms with Gasteiger partial charge in [0.1, 0.15) is 0 Å². The monoisotopic (exact) mass is 242 g/mol. The van der Waals surface area contributed by atoms with Crippen molar-refractivity contribution in [2.45, 2.75) is 33.7 Å². The molecule has 1 heterocycles. The van der Waals surface area contributed by atoms with Crippen LogP contribution in [-0.2, 0) is 0 Å². The number of para-hydroxylation sites is 1. The summed E-state index contributed by atoms with van der Waals surface area (Å²) in [7, 11) is 0. The van der Waals surface area contributed by atoms with E-state index in [0.717, 1.165) is 6.54 Å². The Hall–Kier alpha value is -1.54. The van der Waals surface area contributed by atoms with Gasteiger partial charge in [-0.1, -0.05) is 25.1 Å². The first-order chi connectivity index (χ1) is 8.65. The quantitative estimate of drug-likeness (QED) is 0.863. The van der Waals surface area contributed by atoms with E-state index in [9.17, 15) is 0 Å². The van der Waals surface area contributed by atoms with Crippen LogP contribution in [0.5, 0.6) is 0 Å². The van der Waals surface area contributed by atoms with Crippen molar-refractivity contribution in [3.8, 4) is 5.69 Å². The van der Waals surface area contributed by atoms with Crippen LogP contribution in [0.3, 0.4) is 0 Å². The van der Waals surface area contributed by atoms with E-state index in [1.54, 1.807) is 0 Å². The molecule has 1 atom stereocenters. The first kappa shape index (κ1) is 12.9. The molecule has 0 radical (unpaired) electrons. The molecule has 0 aliphatic carbocycles. The molecular weight excluding hydrogens is 220 g/mol. The van der Waals surface area contributed by atoms with Crippen LogP contribution in [0.2, 0.25) is 0 Å². The van der Waals surface area contributed by atoms with Crippen molar-refractivity contribution in [2.75, 3.05) is 6.54 Å². The molecule has 0 bridgehead atoms. The average Bonchev–Trinajstić information content (AvgIpc) is 2.69. The molecule has 0 aliphatic rings. The molecule has 0 aliphatic heterocycles. The van der Waals surface area contributed by atoms with Crippen LogP contribution < -0.4 is 5.32 Å². The Morgan fingerprint density at radius 2 is 1.67 bits per heavy atom. The van der Waals surface area contributed by atoms with Gasteiger partial charge in [0.25, 0.3) is 0 Å². The highest BCUT2D eigenvalue weighted by molar-refractivity contribution is 5.46. The number of nitrogens with one attached hydrogen (secondary N) is 1. The van der Waals surface area contributed by atoms with Gasteiger partial charge >= 0.3 is 0 Å². The Labute approximate surface area is 110 Å². The third-order valence-electron chi connectivity index (χ3n) is 3.43. The highest BCUT2D eigenvalue weighted by Gasteiger charge is 2.12. The molecule has 2 rings (SSSR count). The summed E-state index contributed by atoms with van der Waals surface area (Å²) in [6, 6.07) is 13.3. The van der Waals surface area contributed by atoms with Crippen LogP contribution in [0.25, 0.3) is 5.69 Å². The van der Waals surface area contributed by atoms with Gasteiger partial charge in [0.2, 0.25) is 0 Å². The van der Waals surface area contributed by atoms with E-state index >= 15 is 0 Å². The maximum absolute atomic E-state index is 3.49. The first-order valence-corrected chi connectivity index (χ1v) is 6.62. The summed E-state index contributed by atoms with van der Waals surface area (Å²) in [6.45, 7) is 9.66. The third-order valence-corrected chi connectivity index (χ3v) is 3.43. The minimum absolute atomic E-state index is 0.368. The minimum atomic E-state index is 0.368. The summed E-state index contributed by atoms with van der Waals surface area (Å²) in [5.74, 6) is 0. The molecule has 1 N–H and O–H groups in total. The number of hydrogen-bond donors (Lipinski definition) is 1. The van der Waals surface area contributed by atoms with Crippen molar-refractivity contribution in [2.24, 2.45) is 0 Å². The van der Waals surface area contributed by atoms with Gasteiger partial charge < -0.3 is 9.88 Å². The molecular formula is C16H22N2. The first-order valence-electron chi connectivity index (χ1n) is 6.62. The number of aromatic nitrogens is 1. The molecule has 0 amide bonds.